The van der Waals surface area contributed by atoms with E-state index < -0.39 is 0 Å². The Kier molecular flexibility index (Phi) is 4.70. The van der Waals surface area contributed by atoms with Gasteiger partial charge in [-0.1, -0.05) is 0 Å². The number of hydrogen-bond acceptors (Lipinski definition) is 4. The van der Waals surface area contributed by atoms with Crippen molar-refractivity contribution >= 4 is 33.2 Å². The minimum absolute atomic E-state index is 0.302. The number of carbonyl (C=O) groups is 1. The van der Waals surface area contributed by atoms with Crippen molar-refractivity contribution < 1.29 is 14.3 Å². The zero-order chi connectivity index (χ0) is 15.4. The molecule has 0 bridgehead atoms. The average molecular weight is 351 g/mol. The van der Waals surface area contributed by atoms with E-state index in [0.717, 1.165) is 4.47 Å². The first-order valence-electron chi connectivity index (χ1n) is 6.13. The molecule has 0 heterocycles. The lowest BCUT2D eigenvalue weighted by Gasteiger charge is -2.10. The molecule has 110 valence electrons. The highest BCUT2D eigenvalue weighted by molar-refractivity contribution is 9.10. The van der Waals surface area contributed by atoms with Crippen molar-refractivity contribution in [3.05, 3.63) is 46.4 Å². The highest BCUT2D eigenvalue weighted by Gasteiger charge is 2.12. The Bertz CT molecular complexity index is 674. The van der Waals surface area contributed by atoms with Crippen LogP contribution in [0.3, 0.4) is 0 Å². The number of nitrogens with two attached hydrogens (primary N) is 1. The Balaban J connectivity index is 2.23. The van der Waals surface area contributed by atoms with Gasteiger partial charge < -0.3 is 20.5 Å². The Morgan fingerprint density at radius 2 is 1.90 bits per heavy atom. The summed E-state index contributed by atoms with van der Waals surface area (Å²) in [5, 5.41) is 2.78. The van der Waals surface area contributed by atoms with Gasteiger partial charge in [0.05, 0.1) is 24.3 Å². The Labute approximate surface area is 131 Å². The third kappa shape index (κ3) is 3.46. The molecule has 5 nitrogen and oxygen atoms in total. The molecule has 2 aromatic rings. The van der Waals surface area contributed by atoms with Crippen molar-refractivity contribution in [2.24, 2.45) is 0 Å². The number of nitrogens with one attached hydrogen (secondary N) is 1. The molecule has 0 spiro atoms. The number of amides is 1. The summed E-state index contributed by atoms with van der Waals surface area (Å²) in [4.78, 5) is 12.3. The summed E-state index contributed by atoms with van der Waals surface area (Å²) < 4.78 is 11.0. The molecule has 6 heteroatoms. The molecule has 0 aliphatic carbocycles. The third-order valence-corrected chi connectivity index (χ3v) is 3.53. The van der Waals surface area contributed by atoms with Gasteiger partial charge in [0, 0.05) is 11.4 Å². The van der Waals surface area contributed by atoms with Crippen molar-refractivity contribution in [2.75, 3.05) is 25.3 Å². The second-order valence-corrected chi connectivity index (χ2v) is 5.11. The van der Waals surface area contributed by atoms with Gasteiger partial charge in [0.15, 0.2) is 0 Å². The first kappa shape index (κ1) is 15.2. The van der Waals surface area contributed by atoms with Crippen molar-refractivity contribution in [1.29, 1.82) is 0 Å². The first-order chi connectivity index (χ1) is 10.0. The SMILES string of the molecule is COc1ccc(N)c(C(=O)Nc2ccc(OC)c(Br)c2)c1. The van der Waals surface area contributed by atoms with E-state index in [-0.39, 0.29) is 5.91 Å². The van der Waals surface area contributed by atoms with Gasteiger partial charge >= 0.3 is 0 Å². The van der Waals surface area contributed by atoms with Gasteiger partial charge in [0.25, 0.3) is 5.91 Å². The number of ether oxygens (including phenoxy) is 2. The predicted molar refractivity (Wildman–Crippen MR) is 86.1 cm³/mol. The molecule has 0 saturated carbocycles. The van der Waals surface area contributed by atoms with Crippen LogP contribution in [0.5, 0.6) is 11.5 Å². The molecule has 21 heavy (non-hydrogen) atoms. The predicted octanol–water partition coefficient (Wildman–Crippen LogP) is 3.30. The van der Waals surface area contributed by atoms with Crippen LogP contribution in [0.4, 0.5) is 11.4 Å². The Morgan fingerprint density at radius 3 is 2.52 bits per heavy atom. The fraction of sp³-hybridized carbons (Fsp3) is 0.133. The van der Waals surface area contributed by atoms with Crippen LogP contribution in [0.25, 0.3) is 0 Å². The minimum atomic E-state index is -0.302. The summed E-state index contributed by atoms with van der Waals surface area (Å²) in [6.45, 7) is 0. The number of rotatable bonds is 4. The smallest absolute Gasteiger partial charge is 0.257 e. The second kappa shape index (κ2) is 6.49. The fourth-order valence-corrected chi connectivity index (χ4v) is 2.34. The lowest BCUT2D eigenvalue weighted by atomic mass is 10.1. The average Bonchev–Trinajstić information content (AvgIpc) is 2.48. The van der Waals surface area contributed by atoms with Gasteiger partial charge in [0.2, 0.25) is 0 Å². The molecule has 0 fully saturated rings. The van der Waals surface area contributed by atoms with Gasteiger partial charge in [-0.25, -0.2) is 0 Å². The number of methoxy groups -OCH3 is 2. The molecule has 0 radical (unpaired) electrons. The van der Waals surface area contributed by atoms with E-state index in [0.29, 0.717) is 28.4 Å². The molecule has 1 amide bonds. The van der Waals surface area contributed by atoms with E-state index >= 15 is 0 Å². The lowest BCUT2D eigenvalue weighted by Crippen LogP contribution is -2.14. The summed E-state index contributed by atoms with van der Waals surface area (Å²) in [5.41, 5.74) is 7.21. The van der Waals surface area contributed by atoms with E-state index in [1.54, 1.807) is 43.5 Å². The molecule has 0 aliphatic rings. The molecule has 2 aromatic carbocycles. The fourth-order valence-electron chi connectivity index (χ4n) is 1.80. The van der Waals surface area contributed by atoms with Gasteiger partial charge in [-0.2, -0.15) is 0 Å². The van der Waals surface area contributed by atoms with Crippen LogP contribution in [0.1, 0.15) is 10.4 Å². The summed E-state index contributed by atoms with van der Waals surface area (Å²) in [6, 6.07) is 10.2. The van der Waals surface area contributed by atoms with E-state index in [2.05, 4.69) is 21.2 Å². The Morgan fingerprint density at radius 1 is 1.14 bits per heavy atom. The molecule has 0 atom stereocenters. The van der Waals surface area contributed by atoms with Gasteiger partial charge in [0.1, 0.15) is 11.5 Å². The summed E-state index contributed by atoms with van der Waals surface area (Å²) in [7, 11) is 3.11. The number of halogens is 1. The van der Waals surface area contributed by atoms with Gasteiger partial charge in [-0.05, 0) is 52.3 Å². The van der Waals surface area contributed by atoms with Crippen molar-refractivity contribution in [3.63, 3.8) is 0 Å². The van der Waals surface area contributed by atoms with Crippen LogP contribution in [-0.2, 0) is 0 Å². The monoisotopic (exact) mass is 350 g/mol. The first-order valence-corrected chi connectivity index (χ1v) is 6.93. The minimum Gasteiger partial charge on any atom is -0.497 e. The standard InChI is InChI=1S/C15H15BrN2O3/c1-20-10-4-5-13(17)11(8-10)15(19)18-9-3-6-14(21-2)12(16)7-9/h3-8H,17H2,1-2H3,(H,18,19). The maximum absolute atomic E-state index is 12.3. The maximum atomic E-state index is 12.3. The number of carbonyl (C=O) groups excluding carboxylic acids is 1. The number of nitrogen functional groups attached to an aromatic ring is 1. The molecule has 0 saturated heterocycles. The van der Waals surface area contributed by atoms with Crippen molar-refractivity contribution in [2.45, 2.75) is 0 Å². The van der Waals surface area contributed by atoms with E-state index in [9.17, 15) is 4.79 Å². The number of benzene rings is 2. The van der Waals surface area contributed by atoms with Crippen LogP contribution in [-0.4, -0.2) is 20.1 Å². The van der Waals surface area contributed by atoms with Crippen molar-refractivity contribution in [1.82, 2.24) is 0 Å². The normalized spacial score (nSPS) is 10.0. The Hall–Kier alpha value is -2.21. The number of hydrogen-bond donors (Lipinski definition) is 2. The summed E-state index contributed by atoms with van der Waals surface area (Å²) in [6.07, 6.45) is 0. The molecule has 2 rings (SSSR count). The maximum Gasteiger partial charge on any atom is 0.257 e. The van der Waals surface area contributed by atoms with Crippen LogP contribution >= 0.6 is 15.9 Å². The highest BCUT2D eigenvalue weighted by atomic mass is 79.9. The van der Waals surface area contributed by atoms with Gasteiger partial charge in [-0.15, -0.1) is 0 Å². The highest BCUT2D eigenvalue weighted by Crippen LogP contribution is 2.28. The summed E-state index contributed by atoms with van der Waals surface area (Å²) in [5.74, 6) is 0.961. The largest absolute Gasteiger partial charge is 0.497 e. The zero-order valence-corrected chi connectivity index (χ0v) is 13.2. The van der Waals surface area contributed by atoms with E-state index in [1.165, 1.54) is 7.11 Å². The molecular formula is C15H15BrN2O3. The zero-order valence-electron chi connectivity index (χ0n) is 11.6. The van der Waals surface area contributed by atoms with Crippen molar-refractivity contribution in [3.8, 4) is 11.5 Å². The van der Waals surface area contributed by atoms with Crippen LogP contribution in [0, 0.1) is 0 Å². The van der Waals surface area contributed by atoms with E-state index in [1.807, 2.05) is 0 Å². The molecular weight excluding hydrogens is 336 g/mol. The quantitative estimate of drug-likeness (QED) is 0.829. The molecule has 0 aliphatic heterocycles. The number of anilines is 2. The van der Waals surface area contributed by atoms with Crippen LogP contribution in [0.2, 0.25) is 0 Å². The van der Waals surface area contributed by atoms with Gasteiger partial charge in [-0.3, -0.25) is 4.79 Å². The van der Waals surface area contributed by atoms with E-state index in [4.69, 9.17) is 15.2 Å². The topological polar surface area (TPSA) is 73.6 Å². The van der Waals surface area contributed by atoms with Crippen LogP contribution in [0.15, 0.2) is 40.9 Å². The van der Waals surface area contributed by atoms with Crippen LogP contribution < -0.4 is 20.5 Å². The second-order valence-electron chi connectivity index (χ2n) is 4.26. The third-order valence-electron chi connectivity index (χ3n) is 2.91. The lowest BCUT2D eigenvalue weighted by molar-refractivity contribution is 0.102. The molecule has 0 aromatic heterocycles. The molecule has 3 N–H and O–H groups in total. The summed E-state index contributed by atoms with van der Waals surface area (Å²) >= 11 is 3.37. The molecule has 0 unspecified atom stereocenters.